The van der Waals surface area contributed by atoms with Gasteiger partial charge in [0.05, 0.1) is 5.69 Å². The smallest absolute Gasteiger partial charge is 0.223 e. The molecule has 1 N–H and O–H groups in total. The Morgan fingerprint density at radius 1 is 1.25 bits per heavy atom. The molecule has 102 valence electrons. The molecular weight excluding hydrogens is 255 g/mol. The zero-order valence-electron chi connectivity index (χ0n) is 11.1. The van der Waals surface area contributed by atoms with Crippen molar-refractivity contribution in [1.82, 2.24) is 10.3 Å². The van der Waals surface area contributed by atoms with E-state index < -0.39 is 0 Å². The summed E-state index contributed by atoms with van der Waals surface area (Å²) < 4.78 is 12.9. The maximum absolute atomic E-state index is 12.9. The second-order valence-electron chi connectivity index (χ2n) is 5.05. The predicted octanol–water partition coefficient (Wildman–Crippen LogP) is 2.74. The van der Waals surface area contributed by atoms with Crippen LogP contribution < -0.4 is 5.32 Å². The third-order valence-corrected chi connectivity index (χ3v) is 3.73. The second-order valence-corrected chi connectivity index (χ2v) is 5.05. The Bertz CT molecular complexity index is 622. The van der Waals surface area contributed by atoms with E-state index >= 15 is 0 Å². The lowest BCUT2D eigenvalue weighted by atomic mass is 10.1. The summed E-state index contributed by atoms with van der Waals surface area (Å²) in [7, 11) is 1.66. The molecule has 1 aromatic heterocycles. The number of nitrogens with zero attached hydrogens (tertiary/aromatic N) is 1. The maximum atomic E-state index is 12.9. The molecule has 1 saturated carbocycles. The second kappa shape index (κ2) is 5.04. The minimum absolute atomic E-state index is 0.0819. The minimum atomic E-state index is -0.253. The molecule has 2 unspecified atom stereocenters. The molecule has 1 fully saturated rings. The molecule has 1 aliphatic rings. The molecule has 4 heteroatoms. The summed E-state index contributed by atoms with van der Waals surface area (Å²) in [5, 5.41) is 2.67. The fourth-order valence-corrected chi connectivity index (χ4v) is 2.45. The molecule has 1 amide bonds. The Kier molecular flexibility index (Phi) is 3.22. The number of pyridine rings is 1. The summed E-state index contributed by atoms with van der Waals surface area (Å²) in [6, 6.07) is 10.2. The van der Waals surface area contributed by atoms with Crippen molar-refractivity contribution in [2.75, 3.05) is 7.05 Å². The van der Waals surface area contributed by atoms with Gasteiger partial charge in [-0.3, -0.25) is 9.78 Å². The molecule has 1 aliphatic carbocycles. The minimum Gasteiger partial charge on any atom is -0.359 e. The van der Waals surface area contributed by atoms with Crippen LogP contribution in [0.25, 0.3) is 11.3 Å². The number of aromatic nitrogens is 1. The van der Waals surface area contributed by atoms with Gasteiger partial charge in [-0.25, -0.2) is 4.39 Å². The van der Waals surface area contributed by atoms with Crippen LogP contribution in [-0.4, -0.2) is 17.9 Å². The quantitative estimate of drug-likeness (QED) is 0.931. The van der Waals surface area contributed by atoms with Crippen LogP contribution in [0.1, 0.15) is 17.9 Å². The number of hydrogen-bond acceptors (Lipinski definition) is 2. The molecule has 3 rings (SSSR count). The van der Waals surface area contributed by atoms with Crippen molar-refractivity contribution in [2.24, 2.45) is 5.92 Å². The summed E-state index contributed by atoms with van der Waals surface area (Å²) in [4.78, 5) is 15.9. The number of benzene rings is 1. The molecule has 0 aliphatic heterocycles. The highest BCUT2D eigenvalue weighted by atomic mass is 19.1. The summed E-state index contributed by atoms with van der Waals surface area (Å²) in [5.74, 6) is 0.206. The van der Waals surface area contributed by atoms with Crippen LogP contribution in [0.5, 0.6) is 0 Å². The van der Waals surface area contributed by atoms with Gasteiger partial charge in [0.1, 0.15) is 5.82 Å². The van der Waals surface area contributed by atoms with Crippen LogP contribution in [0.2, 0.25) is 0 Å². The van der Waals surface area contributed by atoms with E-state index in [4.69, 9.17) is 0 Å². The molecule has 3 nitrogen and oxygen atoms in total. The molecule has 0 radical (unpaired) electrons. The lowest BCUT2D eigenvalue weighted by Crippen LogP contribution is -2.20. The van der Waals surface area contributed by atoms with Crippen molar-refractivity contribution in [3.05, 3.63) is 54.0 Å². The van der Waals surface area contributed by atoms with Crippen molar-refractivity contribution >= 4 is 5.91 Å². The highest BCUT2D eigenvalue weighted by Crippen LogP contribution is 2.47. The number of amides is 1. The van der Waals surface area contributed by atoms with Crippen LogP contribution in [0.15, 0.2) is 42.6 Å². The lowest BCUT2D eigenvalue weighted by Gasteiger charge is -2.03. The van der Waals surface area contributed by atoms with Gasteiger partial charge in [0.2, 0.25) is 5.91 Å². The first-order chi connectivity index (χ1) is 9.69. The van der Waals surface area contributed by atoms with Gasteiger partial charge in [-0.05, 0) is 48.2 Å². The normalized spacial score (nSPS) is 20.5. The van der Waals surface area contributed by atoms with E-state index in [2.05, 4.69) is 10.3 Å². The van der Waals surface area contributed by atoms with Gasteiger partial charge >= 0.3 is 0 Å². The zero-order valence-corrected chi connectivity index (χ0v) is 11.1. The van der Waals surface area contributed by atoms with Gasteiger partial charge in [0.25, 0.3) is 0 Å². The number of carbonyl (C=O) groups excluding carboxylic acids is 1. The summed E-state index contributed by atoms with van der Waals surface area (Å²) >= 11 is 0. The lowest BCUT2D eigenvalue weighted by molar-refractivity contribution is -0.121. The predicted molar refractivity (Wildman–Crippen MR) is 74.5 cm³/mol. The summed E-state index contributed by atoms with van der Waals surface area (Å²) in [6.45, 7) is 0. The first-order valence-corrected chi connectivity index (χ1v) is 6.62. The third-order valence-electron chi connectivity index (χ3n) is 3.73. The zero-order chi connectivity index (χ0) is 14.1. The average Bonchev–Trinajstić information content (AvgIpc) is 3.28. The monoisotopic (exact) mass is 270 g/mol. The molecule has 0 saturated heterocycles. The van der Waals surface area contributed by atoms with Crippen molar-refractivity contribution in [3.8, 4) is 11.3 Å². The molecule has 20 heavy (non-hydrogen) atoms. The van der Waals surface area contributed by atoms with Crippen LogP contribution in [0.3, 0.4) is 0 Å². The largest absolute Gasteiger partial charge is 0.359 e. The van der Waals surface area contributed by atoms with Crippen LogP contribution >= 0.6 is 0 Å². The van der Waals surface area contributed by atoms with Crippen molar-refractivity contribution in [2.45, 2.75) is 12.3 Å². The average molecular weight is 270 g/mol. The standard InChI is InChI=1S/C16H15FN2O/c1-18-16(20)14-8-13(14)11-4-7-15(19-9-11)10-2-5-12(17)6-3-10/h2-7,9,13-14H,8H2,1H3,(H,18,20). The summed E-state index contributed by atoms with van der Waals surface area (Å²) in [6.07, 6.45) is 2.70. The van der Waals surface area contributed by atoms with Gasteiger partial charge < -0.3 is 5.32 Å². The Labute approximate surface area is 116 Å². The van der Waals surface area contributed by atoms with E-state index in [1.165, 1.54) is 12.1 Å². The molecular formula is C16H15FN2O. The van der Waals surface area contributed by atoms with Crippen molar-refractivity contribution in [3.63, 3.8) is 0 Å². The Morgan fingerprint density at radius 3 is 2.60 bits per heavy atom. The van der Waals surface area contributed by atoms with E-state index in [0.29, 0.717) is 0 Å². The molecule has 1 heterocycles. The molecule has 2 atom stereocenters. The number of nitrogens with one attached hydrogen (secondary N) is 1. The van der Waals surface area contributed by atoms with E-state index in [0.717, 1.165) is 23.2 Å². The first-order valence-electron chi connectivity index (χ1n) is 6.62. The molecule has 0 bridgehead atoms. The number of carbonyl (C=O) groups is 1. The Morgan fingerprint density at radius 2 is 2.00 bits per heavy atom. The molecule has 0 spiro atoms. The van der Waals surface area contributed by atoms with Crippen LogP contribution in [0, 0.1) is 11.7 Å². The SMILES string of the molecule is CNC(=O)C1CC1c1ccc(-c2ccc(F)cc2)nc1. The van der Waals surface area contributed by atoms with Crippen LogP contribution in [-0.2, 0) is 4.79 Å². The Hall–Kier alpha value is -2.23. The van der Waals surface area contributed by atoms with Gasteiger partial charge in [0.15, 0.2) is 0 Å². The van der Waals surface area contributed by atoms with E-state index in [1.54, 1.807) is 19.2 Å². The van der Waals surface area contributed by atoms with Gasteiger partial charge in [0, 0.05) is 24.7 Å². The summed E-state index contributed by atoms with van der Waals surface area (Å²) in [5.41, 5.74) is 2.78. The third kappa shape index (κ3) is 2.41. The molecule has 1 aromatic carbocycles. The maximum Gasteiger partial charge on any atom is 0.223 e. The van der Waals surface area contributed by atoms with E-state index in [1.807, 2.05) is 18.3 Å². The van der Waals surface area contributed by atoms with E-state index in [-0.39, 0.29) is 23.6 Å². The number of halogens is 1. The van der Waals surface area contributed by atoms with Crippen LogP contribution in [0.4, 0.5) is 4.39 Å². The Balaban J connectivity index is 1.76. The fourth-order valence-electron chi connectivity index (χ4n) is 2.45. The fraction of sp³-hybridized carbons (Fsp3) is 0.250. The van der Waals surface area contributed by atoms with Crippen molar-refractivity contribution < 1.29 is 9.18 Å². The molecule has 2 aromatic rings. The number of hydrogen-bond donors (Lipinski definition) is 1. The van der Waals surface area contributed by atoms with Gasteiger partial charge in [-0.15, -0.1) is 0 Å². The highest BCUT2D eigenvalue weighted by Gasteiger charge is 2.43. The van der Waals surface area contributed by atoms with Gasteiger partial charge in [-0.2, -0.15) is 0 Å². The highest BCUT2D eigenvalue weighted by molar-refractivity contribution is 5.82. The topological polar surface area (TPSA) is 42.0 Å². The first kappa shape index (κ1) is 12.8. The van der Waals surface area contributed by atoms with E-state index in [9.17, 15) is 9.18 Å². The van der Waals surface area contributed by atoms with Crippen molar-refractivity contribution in [1.29, 1.82) is 0 Å². The number of rotatable bonds is 3. The van der Waals surface area contributed by atoms with Gasteiger partial charge in [-0.1, -0.05) is 6.07 Å².